The first-order chi connectivity index (χ1) is 21.2. The summed E-state index contributed by atoms with van der Waals surface area (Å²) in [6, 6.07) is 13.1. The van der Waals surface area contributed by atoms with E-state index in [-0.39, 0.29) is 17.4 Å². The van der Waals surface area contributed by atoms with Crippen molar-refractivity contribution in [1.82, 2.24) is 0 Å². The van der Waals surface area contributed by atoms with Gasteiger partial charge in [-0.05, 0) is 98.3 Å². The number of halogens is 2. The molecule has 0 saturated heterocycles. The van der Waals surface area contributed by atoms with E-state index >= 15 is 4.39 Å². The zero-order valence-corrected chi connectivity index (χ0v) is 24.6. The van der Waals surface area contributed by atoms with E-state index in [1.807, 2.05) is 24.3 Å². The average molecular weight is 604 g/mol. The van der Waals surface area contributed by atoms with Gasteiger partial charge >= 0.3 is 0 Å². The summed E-state index contributed by atoms with van der Waals surface area (Å²) in [7, 11) is 1.55. The van der Waals surface area contributed by atoms with Crippen molar-refractivity contribution in [3.8, 4) is 17.2 Å². The van der Waals surface area contributed by atoms with Crippen LogP contribution in [-0.4, -0.2) is 32.1 Å². The van der Waals surface area contributed by atoms with Gasteiger partial charge in [-0.1, -0.05) is 19.1 Å². The molecule has 2 amide bonds. The van der Waals surface area contributed by atoms with Crippen molar-refractivity contribution in [1.29, 1.82) is 0 Å². The standard InChI is InChI=1S/C34H35F2N3O5/c1-21-6-3-4-7-28(26-20-30(42-2)31(19-25(21)26)43-17-5-16-37)44-29-13-12-24(18-27(29)36)39-33(41)34(14-15-34)32(40)38-23-10-8-22(35)9-11-23/h3-4,7-13,18-21H,5-6,14-17,37H2,1-2H3,(H,38,40)(H,39,41). The zero-order chi connectivity index (χ0) is 31.3. The van der Waals surface area contributed by atoms with Gasteiger partial charge in [-0.2, -0.15) is 0 Å². The number of amides is 2. The van der Waals surface area contributed by atoms with Crippen LogP contribution in [-0.2, 0) is 9.59 Å². The molecule has 0 radical (unpaired) electrons. The second kappa shape index (κ2) is 13.3. The number of allylic oxidation sites excluding steroid dienone is 3. The maximum atomic E-state index is 15.4. The summed E-state index contributed by atoms with van der Waals surface area (Å²) >= 11 is 0. The van der Waals surface area contributed by atoms with Gasteiger partial charge < -0.3 is 30.6 Å². The number of ether oxygens (including phenoxy) is 3. The third kappa shape index (κ3) is 6.75. The Hall–Kier alpha value is -4.70. The van der Waals surface area contributed by atoms with Gasteiger partial charge in [0.1, 0.15) is 17.0 Å². The molecule has 2 aliphatic rings. The van der Waals surface area contributed by atoms with Gasteiger partial charge in [-0.25, -0.2) is 8.78 Å². The van der Waals surface area contributed by atoms with Gasteiger partial charge in [0.05, 0.1) is 13.7 Å². The van der Waals surface area contributed by atoms with Crippen LogP contribution in [0, 0.1) is 17.0 Å². The fourth-order valence-corrected chi connectivity index (χ4v) is 4.98. The summed E-state index contributed by atoms with van der Waals surface area (Å²) in [5.41, 5.74) is 6.60. The molecule has 1 atom stereocenters. The van der Waals surface area contributed by atoms with Crippen LogP contribution in [0.5, 0.6) is 17.2 Å². The normalized spacial score (nSPS) is 16.5. The van der Waals surface area contributed by atoms with Crippen LogP contribution in [0.3, 0.4) is 0 Å². The number of carbonyl (C=O) groups is 2. The third-order valence-corrected chi connectivity index (χ3v) is 7.74. The highest BCUT2D eigenvalue weighted by Crippen LogP contribution is 2.48. The van der Waals surface area contributed by atoms with E-state index in [1.165, 1.54) is 36.4 Å². The maximum absolute atomic E-state index is 15.4. The van der Waals surface area contributed by atoms with Crippen molar-refractivity contribution >= 4 is 28.9 Å². The first-order valence-electron chi connectivity index (χ1n) is 14.5. The smallest absolute Gasteiger partial charge is 0.240 e. The Morgan fingerprint density at radius 3 is 2.32 bits per heavy atom. The summed E-state index contributed by atoms with van der Waals surface area (Å²) in [6.45, 7) is 3.05. The quantitative estimate of drug-likeness (QED) is 0.170. The summed E-state index contributed by atoms with van der Waals surface area (Å²) in [5, 5.41) is 5.31. The number of carbonyl (C=O) groups excluding carboxylic acids is 2. The van der Waals surface area contributed by atoms with Crippen molar-refractivity contribution in [3.63, 3.8) is 0 Å². The number of anilines is 2. The molecular weight excluding hydrogens is 568 g/mol. The Bertz CT molecular complexity index is 1600. The maximum Gasteiger partial charge on any atom is 0.240 e. The summed E-state index contributed by atoms with van der Waals surface area (Å²) < 4.78 is 46.2. The molecule has 1 saturated carbocycles. The molecule has 44 heavy (non-hydrogen) atoms. The van der Waals surface area contributed by atoms with Gasteiger partial charge in [0.25, 0.3) is 0 Å². The molecule has 1 fully saturated rings. The lowest BCUT2D eigenvalue weighted by Crippen LogP contribution is -2.35. The molecule has 0 aliphatic heterocycles. The van der Waals surface area contributed by atoms with Crippen LogP contribution in [0.15, 0.2) is 72.8 Å². The Kier molecular flexibility index (Phi) is 9.29. The topological polar surface area (TPSA) is 112 Å². The molecule has 0 spiro atoms. The molecule has 8 nitrogen and oxygen atoms in total. The number of rotatable bonds is 11. The Labute approximate surface area is 254 Å². The molecule has 2 aliphatic carbocycles. The highest BCUT2D eigenvalue weighted by atomic mass is 19.1. The third-order valence-electron chi connectivity index (χ3n) is 7.74. The minimum absolute atomic E-state index is 0.0424. The van der Waals surface area contributed by atoms with Crippen molar-refractivity contribution in [2.24, 2.45) is 11.1 Å². The average Bonchev–Trinajstić information content (AvgIpc) is 3.82. The minimum Gasteiger partial charge on any atom is -0.493 e. The van der Waals surface area contributed by atoms with Gasteiger partial charge in [-0.3, -0.25) is 9.59 Å². The summed E-state index contributed by atoms with van der Waals surface area (Å²) in [4.78, 5) is 25.9. The van der Waals surface area contributed by atoms with E-state index in [4.69, 9.17) is 19.9 Å². The zero-order valence-electron chi connectivity index (χ0n) is 24.6. The second-order valence-electron chi connectivity index (χ2n) is 10.9. The van der Waals surface area contributed by atoms with Crippen molar-refractivity contribution in [2.75, 3.05) is 30.9 Å². The summed E-state index contributed by atoms with van der Waals surface area (Å²) in [5.74, 6) is -0.564. The number of hydrogen-bond donors (Lipinski definition) is 3. The molecule has 0 bridgehead atoms. The number of hydrogen-bond acceptors (Lipinski definition) is 6. The SMILES string of the molecule is COc1cc2c(cc1OCCCN)C(C)CC=CC=C2Oc1ccc(NC(=O)C2(C(=O)Nc3ccc(F)cc3)CC2)cc1F. The number of methoxy groups -OCH3 is 1. The lowest BCUT2D eigenvalue weighted by Gasteiger charge is -2.22. The molecule has 230 valence electrons. The van der Waals surface area contributed by atoms with Crippen LogP contribution in [0.25, 0.3) is 5.76 Å². The Morgan fingerprint density at radius 2 is 1.66 bits per heavy atom. The molecule has 0 aromatic heterocycles. The van der Waals surface area contributed by atoms with E-state index in [1.54, 1.807) is 13.2 Å². The molecule has 0 heterocycles. The van der Waals surface area contributed by atoms with Crippen molar-refractivity contribution < 1.29 is 32.6 Å². The van der Waals surface area contributed by atoms with Gasteiger partial charge in [0.15, 0.2) is 23.1 Å². The van der Waals surface area contributed by atoms with Gasteiger partial charge in [0, 0.05) is 23.0 Å². The lowest BCUT2D eigenvalue weighted by molar-refractivity contribution is -0.131. The lowest BCUT2D eigenvalue weighted by atomic mass is 9.90. The molecular formula is C34H35F2N3O5. The largest absolute Gasteiger partial charge is 0.493 e. The summed E-state index contributed by atoms with van der Waals surface area (Å²) in [6.07, 6.45) is 7.84. The van der Waals surface area contributed by atoms with Crippen LogP contribution < -0.4 is 30.6 Å². The van der Waals surface area contributed by atoms with E-state index in [2.05, 4.69) is 17.6 Å². The van der Waals surface area contributed by atoms with Crippen LogP contribution in [0.2, 0.25) is 0 Å². The van der Waals surface area contributed by atoms with E-state index in [9.17, 15) is 14.0 Å². The van der Waals surface area contributed by atoms with Crippen molar-refractivity contribution in [3.05, 3.63) is 95.6 Å². The number of fused-ring (bicyclic) bond motifs is 1. The first-order valence-corrected chi connectivity index (χ1v) is 14.5. The van der Waals surface area contributed by atoms with Crippen LogP contribution >= 0.6 is 0 Å². The molecule has 4 N–H and O–H groups in total. The second-order valence-corrected chi connectivity index (χ2v) is 10.9. The number of nitrogens with one attached hydrogen (secondary N) is 2. The van der Waals surface area contributed by atoms with Gasteiger partial charge in [-0.15, -0.1) is 0 Å². The molecule has 10 heteroatoms. The molecule has 1 unspecified atom stereocenters. The van der Waals surface area contributed by atoms with Crippen LogP contribution in [0.4, 0.5) is 20.2 Å². The van der Waals surface area contributed by atoms with Crippen molar-refractivity contribution in [2.45, 2.75) is 38.5 Å². The first kappa shape index (κ1) is 30.7. The van der Waals surface area contributed by atoms with E-state index in [0.717, 1.165) is 23.6 Å². The minimum atomic E-state index is -1.28. The monoisotopic (exact) mass is 603 g/mol. The predicted molar refractivity (Wildman–Crippen MR) is 165 cm³/mol. The fraction of sp³-hybridized carbons (Fsp3) is 0.294. The number of nitrogens with two attached hydrogens (primary N) is 1. The van der Waals surface area contributed by atoms with Crippen LogP contribution in [0.1, 0.15) is 49.7 Å². The Morgan fingerprint density at radius 1 is 0.955 bits per heavy atom. The molecule has 5 rings (SSSR count). The van der Waals surface area contributed by atoms with E-state index < -0.39 is 28.9 Å². The predicted octanol–water partition coefficient (Wildman–Crippen LogP) is 6.54. The van der Waals surface area contributed by atoms with Gasteiger partial charge in [0.2, 0.25) is 11.8 Å². The fourth-order valence-electron chi connectivity index (χ4n) is 4.98. The highest BCUT2D eigenvalue weighted by molar-refractivity contribution is 6.16. The highest BCUT2D eigenvalue weighted by Gasteiger charge is 2.56. The molecule has 3 aromatic rings. The van der Waals surface area contributed by atoms with E-state index in [0.29, 0.717) is 55.4 Å². The number of benzene rings is 3. The Balaban J connectivity index is 1.33. The molecule has 3 aromatic carbocycles.